The van der Waals surface area contributed by atoms with Gasteiger partial charge in [-0.3, -0.25) is 4.98 Å². The molecule has 1 fully saturated rings. The monoisotopic (exact) mass is 357 g/mol. The zero-order valence-corrected chi connectivity index (χ0v) is 15.0. The number of hydrogen-bond donors (Lipinski definition) is 1. The zero-order valence-electron chi connectivity index (χ0n) is 15.0. The third-order valence-electron chi connectivity index (χ3n) is 5.09. The van der Waals surface area contributed by atoms with Crippen LogP contribution in [0.5, 0.6) is 0 Å². The summed E-state index contributed by atoms with van der Waals surface area (Å²) in [6, 6.07) is 7.96. The van der Waals surface area contributed by atoms with Crippen LogP contribution in [-0.4, -0.2) is 19.9 Å². The Morgan fingerprint density at radius 1 is 1.15 bits per heavy atom. The van der Waals surface area contributed by atoms with E-state index in [9.17, 15) is 4.39 Å². The van der Waals surface area contributed by atoms with Crippen molar-refractivity contribution < 1.29 is 4.39 Å². The molecule has 0 saturated heterocycles. The molecule has 0 aromatic carbocycles. The molecule has 1 aliphatic rings. The lowest BCUT2D eigenvalue weighted by Gasteiger charge is -2.07. The molecule has 4 heterocycles. The van der Waals surface area contributed by atoms with E-state index < -0.39 is 5.95 Å². The summed E-state index contributed by atoms with van der Waals surface area (Å²) < 4.78 is 14.4. The van der Waals surface area contributed by atoms with Gasteiger partial charge in [0.15, 0.2) is 0 Å². The number of nitrogens with zero attached hydrogens (tertiary/aromatic N) is 3. The molecule has 4 aromatic heterocycles. The second-order valence-corrected chi connectivity index (χ2v) is 7.24. The van der Waals surface area contributed by atoms with Gasteiger partial charge in [-0.2, -0.15) is 4.39 Å². The van der Waals surface area contributed by atoms with Crippen LogP contribution < -0.4 is 0 Å². The van der Waals surface area contributed by atoms with Crippen LogP contribution in [0.4, 0.5) is 4.39 Å². The number of pyridine rings is 3. The fourth-order valence-corrected chi connectivity index (χ4v) is 3.42. The predicted molar refractivity (Wildman–Crippen MR) is 102 cm³/mol. The Labute approximate surface area is 156 Å². The van der Waals surface area contributed by atoms with Crippen LogP contribution in [0.15, 0.2) is 42.9 Å². The number of nitrogens with one attached hydrogen (secondary N) is 1. The second-order valence-electron chi connectivity index (χ2n) is 7.24. The second kappa shape index (κ2) is 6.27. The molecule has 5 rings (SSSR count). The van der Waals surface area contributed by atoms with Gasteiger partial charge in [0.25, 0.3) is 0 Å². The lowest BCUT2D eigenvalue weighted by Crippen LogP contribution is -1.97. The largest absolute Gasteiger partial charge is 0.346 e. The summed E-state index contributed by atoms with van der Waals surface area (Å²) in [6.45, 7) is 2.00. The van der Waals surface area contributed by atoms with Crippen molar-refractivity contribution >= 4 is 11.0 Å². The van der Waals surface area contributed by atoms with Crippen molar-refractivity contribution in [1.29, 1.82) is 0 Å². The molecule has 0 amide bonds. The van der Waals surface area contributed by atoms with Crippen LogP contribution in [0.3, 0.4) is 0 Å². The summed E-state index contributed by atoms with van der Waals surface area (Å²) in [4.78, 5) is 15.9. The van der Waals surface area contributed by atoms with Crippen molar-refractivity contribution in [2.45, 2.75) is 32.1 Å². The Bertz CT molecular complexity index is 1130. The molecule has 1 aliphatic carbocycles. The zero-order chi connectivity index (χ0) is 18.4. The van der Waals surface area contributed by atoms with Gasteiger partial charge in [-0.15, -0.1) is 0 Å². The van der Waals surface area contributed by atoms with Crippen molar-refractivity contribution in [3.63, 3.8) is 0 Å². The quantitative estimate of drug-likeness (QED) is 0.537. The molecule has 0 aliphatic heterocycles. The summed E-state index contributed by atoms with van der Waals surface area (Å²) in [6.07, 6.45) is 11.2. The summed E-state index contributed by atoms with van der Waals surface area (Å²) in [7, 11) is 0. The normalized spacial score (nSPS) is 14.0. The third-order valence-corrected chi connectivity index (χ3v) is 5.09. The topological polar surface area (TPSA) is 54.5 Å². The van der Waals surface area contributed by atoms with Crippen LogP contribution in [0.2, 0.25) is 0 Å². The van der Waals surface area contributed by atoms with E-state index in [1.54, 1.807) is 0 Å². The van der Waals surface area contributed by atoms with Gasteiger partial charge in [0.05, 0.1) is 0 Å². The lowest BCUT2D eigenvalue weighted by atomic mass is 10.0. The van der Waals surface area contributed by atoms with E-state index in [4.69, 9.17) is 0 Å². The van der Waals surface area contributed by atoms with Crippen molar-refractivity contribution in [3.05, 3.63) is 77.4 Å². The van der Waals surface area contributed by atoms with Gasteiger partial charge >= 0.3 is 0 Å². The number of rotatable bonds is 4. The molecule has 1 saturated carbocycles. The molecule has 4 aromatic rings. The number of fused-ring (bicyclic) bond motifs is 1. The van der Waals surface area contributed by atoms with Gasteiger partial charge in [0.1, 0.15) is 11.8 Å². The van der Waals surface area contributed by atoms with E-state index in [0.717, 1.165) is 39.0 Å². The van der Waals surface area contributed by atoms with Crippen molar-refractivity contribution in [2.75, 3.05) is 0 Å². The van der Waals surface area contributed by atoms with E-state index in [-0.39, 0.29) is 0 Å². The van der Waals surface area contributed by atoms with Gasteiger partial charge in [-0.25, -0.2) is 9.97 Å². The number of aromatic nitrogens is 4. The first kappa shape index (κ1) is 16.1. The average molecular weight is 357 g/mol. The van der Waals surface area contributed by atoms with Gasteiger partial charge in [-0.1, -0.05) is 6.07 Å². The summed E-state index contributed by atoms with van der Waals surface area (Å²) in [5, 5.41) is 1.01. The summed E-state index contributed by atoms with van der Waals surface area (Å²) in [5.74, 6) is 0.125. The van der Waals surface area contributed by atoms with Crippen LogP contribution in [-0.2, 0) is 6.42 Å². The molecule has 133 valence electrons. The van der Waals surface area contributed by atoms with E-state index >= 15 is 0 Å². The maximum Gasteiger partial charge on any atom is 0.217 e. The van der Waals surface area contributed by atoms with Crippen molar-refractivity contribution in [3.8, 4) is 11.1 Å². The Balaban J connectivity index is 1.48. The van der Waals surface area contributed by atoms with Gasteiger partial charge in [0.2, 0.25) is 5.95 Å². The Kier molecular flexibility index (Phi) is 3.74. The first-order valence-electron chi connectivity index (χ1n) is 9.13. The Morgan fingerprint density at radius 2 is 2.04 bits per heavy atom. The smallest absolute Gasteiger partial charge is 0.217 e. The summed E-state index contributed by atoms with van der Waals surface area (Å²) >= 11 is 0. The third kappa shape index (κ3) is 3.10. The molecule has 0 atom stereocenters. The fourth-order valence-electron chi connectivity index (χ4n) is 3.42. The Hall–Kier alpha value is -3.08. The van der Waals surface area contributed by atoms with E-state index in [2.05, 4.69) is 38.3 Å². The van der Waals surface area contributed by atoms with Crippen molar-refractivity contribution in [2.24, 2.45) is 0 Å². The maximum atomic E-state index is 14.4. The van der Waals surface area contributed by atoms with Crippen LogP contribution in [0.25, 0.3) is 22.2 Å². The van der Waals surface area contributed by atoms with E-state index in [1.807, 2.05) is 37.6 Å². The van der Waals surface area contributed by atoms with Crippen LogP contribution in [0, 0.1) is 19.1 Å². The van der Waals surface area contributed by atoms with Crippen LogP contribution in [0.1, 0.15) is 41.1 Å². The molecule has 27 heavy (non-hydrogen) atoms. The van der Waals surface area contributed by atoms with E-state index in [1.165, 1.54) is 12.8 Å². The lowest BCUT2D eigenvalue weighted by molar-refractivity contribution is 0.570. The minimum absolute atomic E-state index is 0.444. The van der Waals surface area contributed by atoms with Crippen molar-refractivity contribution in [1.82, 2.24) is 19.9 Å². The molecule has 0 bridgehead atoms. The minimum atomic E-state index is -0.490. The molecule has 5 heteroatoms. The highest BCUT2D eigenvalue weighted by Crippen LogP contribution is 2.39. The number of H-pyrrole nitrogens is 1. The number of halogens is 1. The average Bonchev–Trinajstić information content (AvgIpc) is 3.46. The summed E-state index contributed by atoms with van der Waals surface area (Å²) in [5.41, 5.74) is 6.23. The number of aromatic amines is 1. The SMILES string of the molecule is Cc1cnc2[nH]cc(Cc3cc(-c4ccc(C5CC5)nc4)[c]nc3F)c2c1. The fraction of sp³-hybridized carbons (Fsp3) is 0.227. The molecule has 1 N–H and O–H groups in total. The highest BCUT2D eigenvalue weighted by atomic mass is 19.1. The molecular weight excluding hydrogens is 339 g/mol. The highest BCUT2D eigenvalue weighted by molar-refractivity contribution is 5.80. The highest BCUT2D eigenvalue weighted by Gasteiger charge is 2.24. The van der Waals surface area contributed by atoms with Gasteiger partial charge < -0.3 is 4.98 Å². The molecule has 1 radical (unpaired) electrons. The standard InChI is InChI=1S/C22H18FN4/c1-13-6-19-18(12-27-22(19)26-9-13)8-16-7-17(11-25-21(16)23)15-4-5-20(24-10-15)14-2-3-14/h4-7,9-10,12,14H,2-3,8H2,1H3,(H,26,27). The molecular formula is C22H18FN4. The molecule has 4 nitrogen and oxygen atoms in total. The minimum Gasteiger partial charge on any atom is -0.346 e. The van der Waals surface area contributed by atoms with Gasteiger partial charge in [-0.05, 0) is 49.1 Å². The number of aryl methyl sites for hydroxylation is 1. The maximum absolute atomic E-state index is 14.4. The first-order valence-corrected chi connectivity index (χ1v) is 9.13. The Morgan fingerprint density at radius 3 is 2.81 bits per heavy atom. The first-order chi connectivity index (χ1) is 13.2. The molecule has 0 unspecified atom stereocenters. The van der Waals surface area contributed by atoms with Gasteiger partial charge in [0, 0.05) is 58.7 Å². The predicted octanol–water partition coefficient (Wildman–Crippen LogP) is 4.74. The van der Waals surface area contributed by atoms with Crippen LogP contribution >= 0.6 is 0 Å². The number of hydrogen-bond acceptors (Lipinski definition) is 3. The molecule has 0 spiro atoms. The van der Waals surface area contributed by atoms with E-state index in [0.29, 0.717) is 17.9 Å².